The highest BCUT2D eigenvalue weighted by Crippen LogP contribution is 2.38. The number of likely N-dealkylation sites (N-methyl/N-ethyl adjacent to an activating group) is 1. The molecule has 3 aliphatic heterocycles. The van der Waals surface area contributed by atoms with Gasteiger partial charge in [0, 0.05) is 25.0 Å². The maximum Gasteiger partial charge on any atom is 0.253 e. The summed E-state index contributed by atoms with van der Waals surface area (Å²) < 4.78 is 18.4. The Kier molecular flexibility index (Phi) is 11.5. The first-order valence-corrected chi connectivity index (χ1v) is 15.6. The molecule has 4 aliphatic rings. The van der Waals surface area contributed by atoms with Gasteiger partial charge >= 0.3 is 0 Å². The summed E-state index contributed by atoms with van der Waals surface area (Å²) in [5, 5.41) is 66.4. The number of ether oxygens (including phenoxy) is 3. The van der Waals surface area contributed by atoms with E-state index < -0.39 is 78.0 Å². The number of aliphatic hydroxyl groups is 5. The van der Waals surface area contributed by atoms with Crippen molar-refractivity contribution in [3.05, 3.63) is 11.8 Å². The molecule has 0 aromatic carbocycles. The Bertz CT molecular complexity index is 965. The third kappa shape index (κ3) is 7.69. The molecule has 3 heterocycles. The molecule has 13 atom stereocenters. The molecule has 0 spiro atoms. The molecule has 11 N–H and O–H groups in total. The van der Waals surface area contributed by atoms with Gasteiger partial charge in [-0.05, 0) is 58.2 Å². The number of β-amino-alcohol motifs (C(OH)–C–C–N with tert-alkyl or cyclic N) is 1. The number of hydrogen-bond donors (Lipinski definition) is 10. The average Bonchev–Trinajstić information content (AvgIpc) is 3.41. The molecule has 3 fully saturated rings. The lowest BCUT2D eigenvalue weighted by atomic mass is 9.71. The molecule has 0 radical (unpaired) electrons. The number of carbonyl (C=O) groups excluding carboxylic acids is 1. The van der Waals surface area contributed by atoms with Crippen LogP contribution >= 0.6 is 0 Å². The molecule has 0 bridgehead atoms. The van der Waals surface area contributed by atoms with E-state index in [9.17, 15) is 30.3 Å². The zero-order valence-electron chi connectivity index (χ0n) is 25.7. The van der Waals surface area contributed by atoms with E-state index >= 15 is 0 Å². The van der Waals surface area contributed by atoms with Gasteiger partial charge in [0.15, 0.2) is 11.9 Å². The van der Waals surface area contributed by atoms with E-state index in [4.69, 9.17) is 19.9 Å². The van der Waals surface area contributed by atoms with Gasteiger partial charge in [-0.25, -0.2) is 0 Å². The number of nitrogens with two attached hydrogens (primary N) is 1. The van der Waals surface area contributed by atoms with Gasteiger partial charge in [-0.3, -0.25) is 4.79 Å². The Morgan fingerprint density at radius 1 is 1.30 bits per heavy atom. The molecular weight excluding hydrogens is 562 g/mol. The molecular formula is C29H53N5O9. The van der Waals surface area contributed by atoms with Crippen LogP contribution in [0.25, 0.3) is 0 Å². The van der Waals surface area contributed by atoms with Crippen LogP contribution in [0.15, 0.2) is 11.8 Å². The lowest BCUT2D eigenvalue weighted by molar-refractivity contribution is -0.298. The third-order valence-corrected chi connectivity index (χ3v) is 9.55. The van der Waals surface area contributed by atoms with E-state index in [1.807, 2.05) is 19.9 Å². The molecule has 1 saturated carbocycles. The molecule has 0 aromatic rings. The van der Waals surface area contributed by atoms with Crippen LogP contribution in [-0.2, 0) is 19.0 Å². The molecule has 2 saturated heterocycles. The van der Waals surface area contributed by atoms with Gasteiger partial charge in [0.1, 0.15) is 29.7 Å². The van der Waals surface area contributed by atoms with Crippen LogP contribution in [-0.4, -0.2) is 137 Å². The lowest BCUT2D eigenvalue weighted by Gasteiger charge is -2.50. The van der Waals surface area contributed by atoms with Gasteiger partial charge in [0.25, 0.3) is 5.91 Å². The number of rotatable bonds is 11. The molecule has 0 aromatic heterocycles. The molecule has 4 rings (SSSR count). The summed E-state index contributed by atoms with van der Waals surface area (Å²) in [4.78, 5) is 13.2. The van der Waals surface area contributed by atoms with Gasteiger partial charge in [-0.2, -0.15) is 0 Å². The summed E-state index contributed by atoms with van der Waals surface area (Å²) in [5.41, 5.74) is 3.73. The monoisotopic (exact) mass is 615 g/mol. The Morgan fingerprint density at radius 2 is 2.05 bits per heavy atom. The minimum absolute atomic E-state index is 0.00744. The minimum Gasteiger partial charge on any atom is -0.493 e. The highest BCUT2D eigenvalue weighted by atomic mass is 16.7. The number of nitrogens with one attached hydrogen (secondary N) is 4. The normalized spacial score (nSPS) is 44.4. The summed E-state index contributed by atoms with van der Waals surface area (Å²) >= 11 is 0. The van der Waals surface area contributed by atoms with Crippen LogP contribution in [0.2, 0.25) is 0 Å². The molecule has 248 valence electrons. The van der Waals surface area contributed by atoms with E-state index in [0.29, 0.717) is 38.2 Å². The summed E-state index contributed by atoms with van der Waals surface area (Å²) in [6.45, 7) is 6.77. The van der Waals surface area contributed by atoms with Crippen LogP contribution in [0.4, 0.5) is 0 Å². The number of amides is 1. The molecule has 14 nitrogen and oxygen atoms in total. The average molecular weight is 616 g/mol. The number of allylic oxidation sites excluding steroid dienone is 1. The standard InChI is InChI=1S/C29H53N5O9/c1-5-16(35)11-33-12-17-7-6-15(2)23(42-17)20-18(30)10-19(34-27(38)29(40)8-9-32-13-29)24(21(20)36)43-26-22(37)25(31-4)28(3,39)14-41-26/h7,15-16,18-26,31-33,35-37,39-40H,5-6,8-14,30H2,1-4H3,(H,34,38). The van der Waals surface area contributed by atoms with E-state index in [1.165, 1.54) is 0 Å². The van der Waals surface area contributed by atoms with Gasteiger partial charge in [-0.15, -0.1) is 0 Å². The summed E-state index contributed by atoms with van der Waals surface area (Å²) in [7, 11) is 1.61. The fourth-order valence-electron chi connectivity index (χ4n) is 6.81. The van der Waals surface area contributed by atoms with Crippen LogP contribution in [0.5, 0.6) is 0 Å². The van der Waals surface area contributed by atoms with Crippen molar-refractivity contribution in [1.29, 1.82) is 0 Å². The maximum absolute atomic E-state index is 13.2. The van der Waals surface area contributed by atoms with E-state index in [0.717, 1.165) is 0 Å². The SMILES string of the molecule is CCC(O)CNCC1=CCC(C)C(C2C(N)CC(NC(=O)C3(O)CCNC3)C(OC3OCC(C)(O)C(NC)C3O)C2O)O1. The quantitative estimate of drug-likeness (QED) is 0.112. The topological polar surface area (TPSA) is 220 Å². The zero-order chi connectivity index (χ0) is 31.5. The fourth-order valence-corrected chi connectivity index (χ4v) is 6.81. The first kappa shape index (κ1) is 34.4. The highest BCUT2D eigenvalue weighted by molar-refractivity contribution is 5.86. The van der Waals surface area contributed by atoms with Crippen LogP contribution in [0.3, 0.4) is 0 Å². The maximum atomic E-state index is 13.2. The molecule has 14 heteroatoms. The summed E-state index contributed by atoms with van der Waals surface area (Å²) in [6, 6.07) is -2.19. The van der Waals surface area contributed by atoms with Gasteiger partial charge in [0.05, 0.1) is 37.4 Å². The van der Waals surface area contributed by atoms with Crippen molar-refractivity contribution in [2.45, 2.75) is 113 Å². The molecule has 1 amide bonds. The Balaban J connectivity index is 1.55. The second kappa shape index (κ2) is 14.3. The van der Waals surface area contributed by atoms with Crippen molar-refractivity contribution in [1.82, 2.24) is 21.3 Å². The highest BCUT2D eigenvalue weighted by Gasteiger charge is 2.54. The first-order chi connectivity index (χ1) is 20.3. The van der Waals surface area contributed by atoms with Crippen molar-refractivity contribution < 1.29 is 44.5 Å². The third-order valence-electron chi connectivity index (χ3n) is 9.55. The van der Waals surface area contributed by atoms with Crippen LogP contribution < -0.4 is 27.0 Å². The summed E-state index contributed by atoms with van der Waals surface area (Å²) in [5.74, 6) is -0.492. The van der Waals surface area contributed by atoms with Crippen LogP contribution in [0, 0.1) is 11.8 Å². The van der Waals surface area contributed by atoms with Crippen molar-refractivity contribution in [2.75, 3.05) is 39.8 Å². The second-order valence-electron chi connectivity index (χ2n) is 13.1. The largest absolute Gasteiger partial charge is 0.493 e. The van der Waals surface area contributed by atoms with Crippen molar-refractivity contribution in [2.24, 2.45) is 17.6 Å². The van der Waals surface area contributed by atoms with Crippen molar-refractivity contribution in [3.8, 4) is 0 Å². The van der Waals surface area contributed by atoms with E-state index in [1.54, 1.807) is 14.0 Å². The Labute approximate surface area is 253 Å². The van der Waals surface area contributed by atoms with Crippen LogP contribution in [0.1, 0.15) is 46.5 Å². The second-order valence-corrected chi connectivity index (χ2v) is 13.1. The minimum atomic E-state index is -1.60. The predicted octanol–water partition coefficient (Wildman–Crippen LogP) is -2.99. The lowest BCUT2D eigenvalue weighted by Crippen LogP contribution is -2.69. The number of carbonyl (C=O) groups is 1. The number of hydrogen-bond acceptors (Lipinski definition) is 13. The Morgan fingerprint density at radius 3 is 2.70 bits per heavy atom. The van der Waals surface area contributed by atoms with Gasteiger partial charge in [0.2, 0.25) is 0 Å². The molecule has 13 unspecified atom stereocenters. The van der Waals surface area contributed by atoms with E-state index in [-0.39, 0.29) is 31.9 Å². The van der Waals surface area contributed by atoms with Gasteiger partial charge in [-0.1, -0.05) is 13.8 Å². The fraction of sp³-hybridized carbons (Fsp3) is 0.897. The molecule has 43 heavy (non-hydrogen) atoms. The summed E-state index contributed by atoms with van der Waals surface area (Å²) in [6.07, 6.45) is -1.98. The smallest absolute Gasteiger partial charge is 0.253 e. The van der Waals surface area contributed by atoms with Gasteiger partial charge < -0.3 is 66.7 Å². The predicted molar refractivity (Wildman–Crippen MR) is 156 cm³/mol. The van der Waals surface area contributed by atoms with Crippen molar-refractivity contribution >= 4 is 5.91 Å². The zero-order valence-corrected chi connectivity index (χ0v) is 25.7. The van der Waals surface area contributed by atoms with Crippen molar-refractivity contribution in [3.63, 3.8) is 0 Å². The molecule has 1 aliphatic carbocycles. The van der Waals surface area contributed by atoms with E-state index in [2.05, 4.69) is 21.3 Å². The Hall–Kier alpha value is -1.43. The first-order valence-electron chi connectivity index (χ1n) is 15.6. The number of aliphatic hydroxyl groups excluding tert-OH is 3.